The van der Waals surface area contributed by atoms with E-state index in [0.29, 0.717) is 5.75 Å². The van der Waals surface area contributed by atoms with Crippen molar-refractivity contribution in [2.24, 2.45) is 0 Å². The number of carbonyl (C=O) groups excluding carboxylic acids is 2. The van der Waals surface area contributed by atoms with Gasteiger partial charge in [-0.1, -0.05) is 23.5 Å². The summed E-state index contributed by atoms with van der Waals surface area (Å²) in [6, 6.07) is -1.87. The second kappa shape index (κ2) is 5.31. The maximum atomic E-state index is 12.5. The van der Waals surface area contributed by atoms with Crippen molar-refractivity contribution < 1.29 is 22.8 Å². The van der Waals surface area contributed by atoms with Gasteiger partial charge in [0, 0.05) is 17.9 Å². The second-order valence-corrected chi connectivity index (χ2v) is 5.86. The second-order valence-electron chi connectivity index (χ2n) is 3.33. The van der Waals surface area contributed by atoms with E-state index < -0.39 is 18.1 Å². The minimum Gasteiger partial charge on any atom is -0.345 e. The Balaban J connectivity index is 2.56. The van der Waals surface area contributed by atoms with Crippen molar-refractivity contribution >= 4 is 33.9 Å². The van der Waals surface area contributed by atoms with Gasteiger partial charge in [-0.2, -0.15) is 13.2 Å². The zero-order chi connectivity index (χ0) is 12.3. The summed E-state index contributed by atoms with van der Waals surface area (Å²) in [5.41, 5.74) is 0. The highest BCUT2D eigenvalue weighted by molar-refractivity contribution is 8.41. The first-order chi connectivity index (χ1) is 7.29. The highest BCUT2D eigenvalue weighted by Crippen LogP contribution is 2.37. The minimum absolute atomic E-state index is 0.159. The molecule has 3 nitrogen and oxygen atoms in total. The normalized spacial score (nSPS) is 23.2. The molecule has 0 aromatic heterocycles. The quantitative estimate of drug-likeness (QED) is 0.857. The number of rotatable bonds is 3. The molecule has 0 saturated carbocycles. The molecule has 0 bridgehead atoms. The standard InChI is InChI=1S/C8H10F3NO2S2/c1-4(13)12-6(8(9,10)11)2-5-3-15-7(14)16-5/h5-6H,2-3H2,1H3,(H,12,13). The van der Waals surface area contributed by atoms with Gasteiger partial charge in [0.1, 0.15) is 6.04 Å². The Morgan fingerprint density at radius 1 is 1.62 bits per heavy atom. The van der Waals surface area contributed by atoms with Crippen molar-refractivity contribution in [3.05, 3.63) is 0 Å². The minimum atomic E-state index is -4.47. The molecule has 8 heteroatoms. The van der Waals surface area contributed by atoms with Crippen LogP contribution in [0.1, 0.15) is 13.3 Å². The van der Waals surface area contributed by atoms with E-state index in [-0.39, 0.29) is 16.1 Å². The van der Waals surface area contributed by atoms with Gasteiger partial charge in [-0.15, -0.1) is 0 Å². The van der Waals surface area contributed by atoms with Crippen LogP contribution in [0.4, 0.5) is 18.0 Å². The zero-order valence-electron chi connectivity index (χ0n) is 8.34. The summed E-state index contributed by atoms with van der Waals surface area (Å²) in [4.78, 5) is 21.5. The number of carbonyl (C=O) groups is 2. The zero-order valence-corrected chi connectivity index (χ0v) is 9.97. The highest BCUT2D eigenvalue weighted by Gasteiger charge is 2.42. The molecule has 0 aromatic carbocycles. The van der Waals surface area contributed by atoms with Gasteiger partial charge in [-0.25, -0.2) is 0 Å². The summed E-state index contributed by atoms with van der Waals surface area (Å²) in [7, 11) is 0. The number of nitrogens with one attached hydrogen (secondary N) is 1. The SMILES string of the molecule is CC(=O)NC(CC1CSC(=O)S1)C(F)(F)F. The largest absolute Gasteiger partial charge is 0.408 e. The summed E-state index contributed by atoms with van der Waals surface area (Å²) in [5.74, 6) is -0.348. The first-order valence-corrected chi connectivity index (χ1v) is 6.33. The predicted octanol–water partition coefficient (Wildman–Crippen LogP) is 2.41. The fraction of sp³-hybridized carbons (Fsp3) is 0.750. The van der Waals surface area contributed by atoms with Crippen molar-refractivity contribution in [1.82, 2.24) is 5.32 Å². The summed E-state index contributed by atoms with van der Waals surface area (Å²) >= 11 is 1.93. The third-order valence-corrected chi connectivity index (χ3v) is 4.46. The maximum Gasteiger partial charge on any atom is 0.408 e. The van der Waals surface area contributed by atoms with Crippen LogP contribution in [0.3, 0.4) is 0 Å². The summed E-state index contributed by atoms with van der Waals surface area (Å²) in [6.07, 6.45) is -4.73. The molecule has 2 unspecified atom stereocenters. The van der Waals surface area contributed by atoms with Crippen LogP contribution in [-0.4, -0.2) is 33.6 Å². The first kappa shape index (κ1) is 13.7. The monoisotopic (exact) mass is 273 g/mol. The molecule has 0 aliphatic carbocycles. The Morgan fingerprint density at radius 2 is 2.25 bits per heavy atom. The van der Waals surface area contributed by atoms with E-state index in [0.717, 1.165) is 30.4 Å². The van der Waals surface area contributed by atoms with E-state index in [1.807, 2.05) is 5.32 Å². The lowest BCUT2D eigenvalue weighted by Crippen LogP contribution is -2.46. The van der Waals surface area contributed by atoms with Crippen LogP contribution in [-0.2, 0) is 4.79 Å². The van der Waals surface area contributed by atoms with Crippen LogP contribution in [0, 0.1) is 0 Å². The fourth-order valence-electron chi connectivity index (χ4n) is 1.26. The maximum absolute atomic E-state index is 12.5. The highest BCUT2D eigenvalue weighted by atomic mass is 32.2. The van der Waals surface area contributed by atoms with E-state index in [9.17, 15) is 22.8 Å². The lowest BCUT2D eigenvalue weighted by Gasteiger charge is -2.22. The summed E-state index contributed by atoms with van der Waals surface area (Å²) < 4.78 is 37.4. The lowest BCUT2D eigenvalue weighted by molar-refractivity contribution is -0.162. The Hall–Kier alpha value is -0.370. The Morgan fingerprint density at radius 3 is 2.62 bits per heavy atom. The molecule has 0 radical (unpaired) electrons. The number of alkyl halides is 3. The molecular weight excluding hydrogens is 263 g/mol. The van der Waals surface area contributed by atoms with E-state index >= 15 is 0 Å². The van der Waals surface area contributed by atoms with Crippen molar-refractivity contribution in [2.75, 3.05) is 5.75 Å². The van der Waals surface area contributed by atoms with Crippen molar-refractivity contribution in [3.8, 4) is 0 Å². The van der Waals surface area contributed by atoms with Crippen molar-refractivity contribution in [1.29, 1.82) is 0 Å². The van der Waals surface area contributed by atoms with Crippen molar-refractivity contribution in [3.63, 3.8) is 0 Å². The molecule has 1 saturated heterocycles. The van der Waals surface area contributed by atoms with Gasteiger partial charge in [0.15, 0.2) is 0 Å². The molecule has 1 N–H and O–H groups in total. The van der Waals surface area contributed by atoms with E-state index in [2.05, 4.69) is 0 Å². The average Bonchev–Trinajstić information content (AvgIpc) is 2.47. The number of amides is 1. The van der Waals surface area contributed by atoms with Crippen LogP contribution < -0.4 is 5.32 Å². The molecule has 0 aromatic rings. The topological polar surface area (TPSA) is 46.2 Å². The third kappa shape index (κ3) is 4.25. The lowest BCUT2D eigenvalue weighted by atomic mass is 10.1. The van der Waals surface area contributed by atoms with Crippen LogP contribution >= 0.6 is 23.5 Å². The third-order valence-electron chi connectivity index (χ3n) is 1.92. The number of thioether (sulfide) groups is 2. The molecule has 1 fully saturated rings. The Kier molecular flexibility index (Phi) is 4.54. The molecule has 1 rings (SSSR count). The van der Waals surface area contributed by atoms with E-state index in [4.69, 9.17) is 0 Å². The van der Waals surface area contributed by atoms with Gasteiger partial charge in [-0.3, -0.25) is 9.59 Å². The molecular formula is C8H10F3NO2S2. The number of halogens is 3. The van der Waals surface area contributed by atoms with Crippen LogP contribution in [0.25, 0.3) is 0 Å². The molecule has 1 aliphatic heterocycles. The van der Waals surface area contributed by atoms with E-state index in [1.165, 1.54) is 0 Å². The summed E-state index contributed by atoms with van der Waals surface area (Å²) in [6.45, 7) is 1.04. The van der Waals surface area contributed by atoms with Crippen LogP contribution in [0.15, 0.2) is 0 Å². The Bertz CT molecular complexity index is 295. The number of hydrogen-bond donors (Lipinski definition) is 1. The molecule has 1 heterocycles. The molecule has 0 spiro atoms. The van der Waals surface area contributed by atoms with Gasteiger partial charge in [0.05, 0.1) is 0 Å². The summed E-state index contributed by atoms with van der Waals surface area (Å²) in [5, 5.41) is 1.48. The fourth-order valence-corrected chi connectivity index (χ4v) is 3.64. The smallest absolute Gasteiger partial charge is 0.345 e. The van der Waals surface area contributed by atoms with Crippen LogP contribution in [0.2, 0.25) is 0 Å². The molecule has 1 amide bonds. The van der Waals surface area contributed by atoms with Gasteiger partial charge < -0.3 is 5.32 Å². The van der Waals surface area contributed by atoms with Gasteiger partial charge in [0.2, 0.25) is 10.4 Å². The first-order valence-electron chi connectivity index (χ1n) is 4.46. The Labute approximate surface area is 98.9 Å². The van der Waals surface area contributed by atoms with E-state index in [1.54, 1.807) is 0 Å². The molecule has 2 atom stereocenters. The number of hydrogen-bond acceptors (Lipinski definition) is 4. The predicted molar refractivity (Wildman–Crippen MR) is 57.5 cm³/mol. The average molecular weight is 273 g/mol. The van der Waals surface area contributed by atoms with Gasteiger partial charge in [-0.05, 0) is 6.42 Å². The molecule has 92 valence electrons. The van der Waals surface area contributed by atoms with Gasteiger partial charge >= 0.3 is 6.18 Å². The van der Waals surface area contributed by atoms with Crippen LogP contribution in [0.5, 0.6) is 0 Å². The van der Waals surface area contributed by atoms with Gasteiger partial charge in [0.25, 0.3) is 0 Å². The molecule has 1 aliphatic rings. The molecule has 16 heavy (non-hydrogen) atoms. The van der Waals surface area contributed by atoms with Crippen molar-refractivity contribution in [2.45, 2.75) is 30.8 Å².